The molecule has 0 spiro atoms. The number of carbonyl (C=O) groups is 1. The number of aryl methyl sites for hydroxylation is 1. The summed E-state index contributed by atoms with van der Waals surface area (Å²) in [7, 11) is 3.86. The molecule has 5 heteroatoms. The molecule has 0 fully saturated rings. The number of nitrogens with one attached hydrogen (secondary N) is 1. The van der Waals surface area contributed by atoms with Gasteiger partial charge in [-0.05, 0) is 6.92 Å². The average molecular weight is 250 g/mol. The lowest BCUT2D eigenvalue weighted by atomic mass is 9.96. The summed E-state index contributed by atoms with van der Waals surface area (Å²) >= 11 is 0. The second kappa shape index (κ2) is 5.33. The highest BCUT2D eigenvalue weighted by atomic mass is 16.2. The average Bonchev–Trinajstić information content (AvgIpc) is 2.23. The Labute approximate surface area is 109 Å². The molecule has 0 unspecified atom stereocenters. The van der Waals surface area contributed by atoms with Gasteiger partial charge in [0.2, 0.25) is 5.91 Å². The molecule has 0 aliphatic rings. The fraction of sp³-hybridized carbons (Fsp3) is 0.615. The Morgan fingerprint density at radius 3 is 2.44 bits per heavy atom. The van der Waals surface area contributed by atoms with Gasteiger partial charge in [0.1, 0.15) is 11.6 Å². The van der Waals surface area contributed by atoms with Crippen LogP contribution in [0, 0.1) is 12.3 Å². The first-order valence-electron chi connectivity index (χ1n) is 6.00. The van der Waals surface area contributed by atoms with E-state index in [0.717, 1.165) is 11.5 Å². The second-order valence-electron chi connectivity index (χ2n) is 5.61. The van der Waals surface area contributed by atoms with Crippen LogP contribution in [0.4, 0.5) is 5.82 Å². The molecule has 18 heavy (non-hydrogen) atoms. The normalized spacial score (nSPS) is 11.2. The molecule has 1 heterocycles. The van der Waals surface area contributed by atoms with Crippen molar-refractivity contribution >= 4 is 11.7 Å². The Morgan fingerprint density at radius 2 is 1.94 bits per heavy atom. The van der Waals surface area contributed by atoms with Gasteiger partial charge in [0, 0.05) is 31.3 Å². The minimum atomic E-state index is -0.395. The van der Waals surface area contributed by atoms with Gasteiger partial charge in [-0.2, -0.15) is 0 Å². The van der Waals surface area contributed by atoms with Gasteiger partial charge in [-0.25, -0.2) is 9.97 Å². The van der Waals surface area contributed by atoms with Gasteiger partial charge >= 0.3 is 0 Å². The maximum Gasteiger partial charge on any atom is 0.225 e. The first-order chi connectivity index (χ1) is 8.20. The molecule has 0 atom stereocenters. The zero-order valence-corrected chi connectivity index (χ0v) is 12.0. The molecule has 0 radical (unpaired) electrons. The molecule has 0 aliphatic carbocycles. The first kappa shape index (κ1) is 14.4. The quantitative estimate of drug-likeness (QED) is 0.883. The highest BCUT2D eigenvalue weighted by molar-refractivity contribution is 5.81. The van der Waals surface area contributed by atoms with Crippen LogP contribution in [0.3, 0.4) is 0 Å². The van der Waals surface area contributed by atoms with E-state index >= 15 is 0 Å². The van der Waals surface area contributed by atoms with Gasteiger partial charge in [0.15, 0.2) is 0 Å². The lowest BCUT2D eigenvalue weighted by molar-refractivity contribution is -0.128. The van der Waals surface area contributed by atoms with Crippen molar-refractivity contribution in [2.75, 3.05) is 19.0 Å². The van der Waals surface area contributed by atoms with Gasteiger partial charge in [-0.1, -0.05) is 20.8 Å². The Balaban J connectivity index is 2.77. The highest BCUT2D eigenvalue weighted by Crippen LogP contribution is 2.13. The van der Waals surface area contributed by atoms with Gasteiger partial charge in [-0.15, -0.1) is 0 Å². The molecule has 0 aliphatic heterocycles. The van der Waals surface area contributed by atoms with Gasteiger partial charge in [0.05, 0.1) is 6.54 Å². The largest absolute Gasteiger partial charge is 0.363 e. The Morgan fingerprint density at radius 1 is 1.33 bits per heavy atom. The maximum absolute atomic E-state index is 11.8. The minimum absolute atomic E-state index is 0.000917. The number of anilines is 1. The molecule has 100 valence electrons. The first-order valence-corrected chi connectivity index (χ1v) is 6.00. The number of carbonyl (C=O) groups excluding carboxylic acids is 1. The predicted molar refractivity (Wildman–Crippen MR) is 72.4 cm³/mol. The van der Waals surface area contributed by atoms with E-state index in [1.807, 2.05) is 52.8 Å². The molecule has 1 aromatic heterocycles. The predicted octanol–water partition coefficient (Wildman–Crippen LogP) is 1.51. The molecule has 0 saturated carbocycles. The molecule has 0 saturated heterocycles. The zero-order valence-electron chi connectivity index (χ0n) is 12.0. The fourth-order valence-corrected chi connectivity index (χ4v) is 1.34. The van der Waals surface area contributed by atoms with Crippen LogP contribution in [-0.2, 0) is 11.3 Å². The summed E-state index contributed by atoms with van der Waals surface area (Å²) in [5, 5.41) is 2.85. The standard InChI is InChI=1S/C13H22N4O/c1-9-7-11(17(5)6)16-10(15-9)8-14-12(18)13(2,3)4/h7H,8H2,1-6H3,(H,14,18). The van der Waals surface area contributed by atoms with Crippen molar-refractivity contribution < 1.29 is 4.79 Å². The van der Waals surface area contributed by atoms with Crippen molar-refractivity contribution in [2.24, 2.45) is 5.41 Å². The Bertz CT molecular complexity index is 435. The summed E-state index contributed by atoms with van der Waals surface area (Å²) in [5.74, 6) is 1.48. The van der Waals surface area contributed by atoms with Crippen LogP contribution >= 0.6 is 0 Å². The molecule has 1 aromatic rings. The molecule has 1 rings (SSSR count). The van der Waals surface area contributed by atoms with Crippen molar-refractivity contribution in [1.29, 1.82) is 0 Å². The van der Waals surface area contributed by atoms with E-state index < -0.39 is 5.41 Å². The molecule has 1 amide bonds. The van der Waals surface area contributed by atoms with Crippen LogP contribution in [0.2, 0.25) is 0 Å². The molecule has 1 N–H and O–H groups in total. The van der Waals surface area contributed by atoms with Crippen molar-refractivity contribution in [3.05, 3.63) is 17.6 Å². The summed E-state index contributed by atoms with van der Waals surface area (Å²) in [4.78, 5) is 22.4. The second-order valence-corrected chi connectivity index (χ2v) is 5.61. The number of hydrogen-bond acceptors (Lipinski definition) is 4. The minimum Gasteiger partial charge on any atom is -0.363 e. The Kier molecular flexibility index (Phi) is 4.27. The third kappa shape index (κ3) is 3.98. The van der Waals surface area contributed by atoms with E-state index in [-0.39, 0.29) is 5.91 Å². The summed E-state index contributed by atoms with van der Waals surface area (Å²) in [5.41, 5.74) is 0.502. The maximum atomic E-state index is 11.8. The summed E-state index contributed by atoms with van der Waals surface area (Å²) < 4.78 is 0. The molecule has 0 aromatic carbocycles. The number of nitrogens with zero attached hydrogens (tertiary/aromatic N) is 3. The lowest BCUT2D eigenvalue weighted by Gasteiger charge is -2.18. The number of rotatable bonds is 3. The van der Waals surface area contributed by atoms with E-state index in [1.165, 1.54) is 0 Å². The van der Waals surface area contributed by atoms with E-state index in [4.69, 9.17) is 0 Å². The van der Waals surface area contributed by atoms with Crippen LogP contribution in [0.1, 0.15) is 32.3 Å². The Hall–Kier alpha value is -1.65. The molecular weight excluding hydrogens is 228 g/mol. The summed E-state index contributed by atoms with van der Waals surface area (Å²) in [6.45, 7) is 7.92. The van der Waals surface area contributed by atoms with Crippen molar-refractivity contribution in [2.45, 2.75) is 34.2 Å². The van der Waals surface area contributed by atoms with Crippen LogP contribution in [-0.4, -0.2) is 30.0 Å². The van der Waals surface area contributed by atoms with Crippen LogP contribution in [0.5, 0.6) is 0 Å². The van der Waals surface area contributed by atoms with Gasteiger partial charge in [0.25, 0.3) is 0 Å². The summed E-state index contributed by atoms with van der Waals surface area (Å²) in [6.07, 6.45) is 0. The van der Waals surface area contributed by atoms with Crippen LogP contribution in [0.25, 0.3) is 0 Å². The summed E-state index contributed by atoms with van der Waals surface area (Å²) in [6, 6.07) is 1.91. The van der Waals surface area contributed by atoms with E-state index in [1.54, 1.807) is 0 Å². The van der Waals surface area contributed by atoms with Crippen molar-refractivity contribution in [3.8, 4) is 0 Å². The van der Waals surface area contributed by atoms with Crippen LogP contribution in [0.15, 0.2) is 6.07 Å². The smallest absolute Gasteiger partial charge is 0.225 e. The van der Waals surface area contributed by atoms with E-state index in [0.29, 0.717) is 12.4 Å². The molecular formula is C13H22N4O. The number of hydrogen-bond donors (Lipinski definition) is 1. The van der Waals surface area contributed by atoms with Gasteiger partial charge in [-0.3, -0.25) is 4.79 Å². The van der Waals surface area contributed by atoms with Crippen molar-refractivity contribution in [3.63, 3.8) is 0 Å². The van der Waals surface area contributed by atoms with E-state index in [2.05, 4.69) is 15.3 Å². The fourth-order valence-electron chi connectivity index (χ4n) is 1.34. The third-order valence-corrected chi connectivity index (χ3v) is 2.43. The SMILES string of the molecule is Cc1cc(N(C)C)nc(CNC(=O)C(C)(C)C)n1. The molecule has 5 nitrogen and oxygen atoms in total. The van der Waals surface area contributed by atoms with Crippen molar-refractivity contribution in [1.82, 2.24) is 15.3 Å². The highest BCUT2D eigenvalue weighted by Gasteiger charge is 2.20. The third-order valence-electron chi connectivity index (χ3n) is 2.43. The molecule has 0 bridgehead atoms. The topological polar surface area (TPSA) is 58.1 Å². The zero-order chi connectivity index (χ0) is 13.9. The number of amides is 1. The lowest BCUT2D eigenvalue weighted by Crippen LogP contribution is -2.34. The van der Waals surface area contributed by atoms with E-state index in [9.17, 15) is 4.79 Å². The van der Waals surface area contributed by atoms with Gasteiger partial charge < -0.3 is 10.2 Å². The van der Waals surface area contributed by atoms with Crippen LogP contribution < -0.4 is 10.2 Å². The number of aromatic nitrogens is 2. The monoisotopic (exact) mass is 250 g/mol.